The Morgan fingerprint density at radius 3 is 2.00 bits per heavy atom. The fourth-order valence-electron chi connectivity index (χ4n) is 1.58. The summed E-state index contributed by atoms with van der Waals surface area (Å²) in [7, 11) is 5.01. The van der Waals surface area contributed by atoms with Crippen molar-refractivity contribution in [2.24, 2.45) is 5.92 Å². The molecule has 0 saturated carbocycles. The van der Waals surface area contributed by atoms with Gasteiger partial charge in [-0.1, -0.05) is 13.8 Å². The third-order valence-corrected chi connectivity index (χ3v) is 3.34. The van der Waals surface area contributed by atoms with E-state index in [1.54, 1.807) is 26.0 Å². The lowest BCUT2D eigenvalue weighted by Crippen LogP contribution is -2.35. The van der Waals surface area contributed by atoms with E-state index in [4.69, 9.17) is 0 Å². The minimum absolute atomic E-state index is 0.0356. The summed E-state index contributed by atoms with van der Waals surface area (Å²) in [6.07, 6.45) is -4.48. The van der Waals surface area contributed by atoms with Crippen molar-refractivity contribution in [1.82, 2.24) is 9.97 Å². The lowest BCUT2D eigenvalue weighted by molar-refractivity contribution is -0.141. The predicted octanol–water partition coefficient (Wildman–Crippen LogP) is 3.04. The van der Waals surface area contributed by atoms with Gasteiger partial charge in [-0.2, -0.15) is 18.2 Å². The first-order chi connectivity index (χ1) is 9.04. The number of hydrogen-bond donors (Lipinski definition) is 0. The molecule has 0 spiro atoms. The number of aromatic nitrogens is 2. The van der Waals surface area contributed by atoms with Crippen LogP contribution in [0.25, 0.3) is 0 Å². The third-order valence-electron chi connectivity index (χ3n) is 3.34. The van der Waals surface area contributed by atoms with E-state index in [1.807, 2.05) is 20.8 Å². The van der Waals surface area contributed by atoms with Crippen LogP contribution in [0.4, 0.5) is 24.9 Å². The van der Waals surface area contributed by atoms with E-state index in [0.717, 1.165) is 6.07 Å². The highest BCUT2D eigenvalue weighted by atomic mass is 19.4. The van der Waals surface area contributed by atoms with Gasteiger partial charge in [-0.05, 0) is 12.8 Å². The van der Waals surface area contributed by atoms with Crippen LogP contribution in [0.1, 0.15) is 26.5 Å². The molecule has 0 N–H and O–H groups in total. The predicted molar refractivity (Wildman–Crippen MR) is 74.1 cm³/mol. The Bertz CT molecular complexity index is 457. The topological polar surface area (TPSA) is 32.3 Å². The van der Waals surface area contributed by atoms with E-state index in [9.17, 15) is 13.2 Å². The SMILES string of the molecule is CC(C)[C@H](C)N(C)c1nc(N(C)C)cc(C(F)(F)F)n1. The molecule has 0 bridgehead atoms. The Morgan fingerprint density at radius 2 is 1.60 bits per heavy atom. The molecule has 0 radical (unpaired) electrons. The van der Waals surface area contributed by atoms with Crippen molar-refractivity contribution in [1.29, 1.82) is 0 Å². The number of anilines is 2. The molecule has 1 heterocycles. The van der Waals surface area contributed by atoms with Crippen LogP contribution in [0.5, 0.6) is 0 Å². The van der Waals surface area contributed by atoms with Crippen molar-refractivity contribution >= 4 is 11.8 Å². The van der Waals surface area contributed by atoms with Crippen LogP contribution in [0.3, 0.4) is 0 Å². The van der Waals surface area contributed by atoms with Gasteiger partial charge >= 0.3 is 6.18 Å². The average molecular weight is 290 g/mol. The second-order valence-electron chi connectivity index (χ2n) is 5.40. The van der Waals surface area contributed by atoms with Gasteiger partial charge in [0.25, 0.3) is 0 Å². The van der Waals surface area contributed by atoms with Crippen LogP contribution in [0.15, 0.2) is 6.07 Å². The minimum atomic E-state index is -4.48. The summed E-state index contributed by atoms with van der Waals surface area (Å²) < 4.78 is 38.7. The first-order valence-electron chi connectivity index (χ1n) is 6.40. The quantitative estimate of drug-likeness (QED) is 0.853. The maximum atomic E-state index is 12.9. The molecule has 0 aliphatic carbocycles. The molecule has 0 fully saturated rings. The first kappa shape index (κ1) is 16.5. The summed E-state index contributed by atoms with van der Waals surface area (Å²) in [4.78, 5) is 11.1. The molecule has 114 valence electrons. The van der Waals surface area contributed by atoms with Gasteiger partial charge < -0.3 is 9.80 Å². The Balaban J connectivity index is 3.29. The van der Waals surface area contributed by atoms with E-state index < -0.39 is 11.9 Å². The van der Waals surface area contributed by atoms with Gasteiger partial charge in [0, 0.05) is 33.3 Å². The molecule has 7 heteroatoms. The molecule has 0 amide bonds. The first-order valence-corrected chi connectivity index (χ1v) is 6.40. The minimum Gasteiger partial charge on any atom is -0.363 e. The van der Waals surface area contributed by atoms with Crippen molar-refractivity contribution in [3.8, 4) is 0 Å². The van der Waals surface area contributed by atoms with Gasteiger partial charge in [-0.3, -0.25) is 0 Å². The second-order valence-corrected chi connectivity index (χ2v) is 5.40. The van der Waals surface area contributed by atoms with Crippen LogP contribution in [-0.2, 0) is 6.18 Å². The van der Waals surface area contributed by atoms with E-state index >= 15 is 0 Å². The fourth-order valence-corrected chi connectivity index (χ4v) is 1.58. The zero-order valence-electron chi connectivity index (χ0n) is 12.7. The molecule has 0 aromatic carbocycles. The molecular weight excluding hydrogens is 269 g/mol. The molecule has 20 heavy (non-hydrogen) atoms. The molecule has 0 saturated heterocycles. The monoisotopic (exact) mass is 290 g/mol. The number of nitrogens with zero attached hydrogens (tertiary/aromatic N) is 4. The Morgan fingerprint density at radius 1 is 1.05 bits per heavy atom. The molecule has 1 atom stereocenters. The van der Waals surface area contributed by atoms with Crippen LogP contribution in [0.2, 0.25) is 0 Å². The van der Waals surface area contributed by atoms with Gasteiger partial charge in [-0.15, -0.1) is 0 Å². The maximum absolute atomic E-state index is 12.9. The number of hydrogen-bond acceptors (Lipinski definition) is 4. The van der Waals surface area contributed by atoms with Crippen LogP contribution >= 0.6 is 0 Å². The summed E-state index contributed by atoms with van der Waals surface area (Å²) >= 11 is 0. The number of halogens is 3. The maximum Gasteiger partial charge on any atom is 0.433 e. The smallest absolute Gasteiger partial charge is 0.363 e. The second kappa shape index (κ2) is 5.85. The van der Waals surface area contributed by atoms with Crippen LogP contribution in [0, 0.1) is 5.92 Å². The standard InChI is InChI=1S/C13H21F3N4/c1-8(2)9(3)20(6)12-17-10(13(14,15)16)7-11(18-12)19(4)5/h7-9H,1-6H3/t9-/m0/s1. The molecule has 0 aliphatic heterocycles. The van der Waals surface area contributed by atoms with Crippen molar-refractivity contribution in [2.45, 2.75) is 33.0 Å². The number of rotatable bonds is 4. The largest absolute Gasteiger partial charge is 0.433 e. The zero-order chi connectivity index (χ0) is 15.7. The Hall–Kier alpha value is -1.53. The summed E-state index contributed by atoms with van der Waals surface area (Å²) in [6, 6.07) is 0.991. The lowest BCUT2D eigenvalue weighted by Gasteiger charge is -2.29. The fraction of sp³-hybridized carbons (Fsp3) is 0.692. The van der Waals surface area contributed by atoms with E-state index in [0.29, 0.717) is 0 Å². The Labute approximate surface area is 117 Å². The summed E-state index contributed by atoms with van der Waals surface area (Å²) in [6.45, 7) is 5.94. The van der Waals surface area contributed by atoms with Crippen molar-refractivity contribution in [3.05, 3.63) is 11.8 Å². The van der Waals surface area contributed by atoms with Gasteiger partial charge in [0.1, 0.15) is 5.82 Å². The van der Waals surface area contributed by atoms with Gasteiger partial charge in [0.15, 0.2) is 5.69 Å². The van der Waals surface area contributed by atoms with Crippen molar-refractivity contribution in [3.63, 3.8) is 0 Å². The highest BCUT2D eigenvalue weighted by Crippen LogP contribution is 2.31. The lowest BCUT2D eigenvalue weighted by atomic mass is 10.1. The van der Waals surface area contributed by atoms with Crippen molar-refractivity contribution < 1.29 is 13.2 Å². The summed E-state index contributed by atoms with van der Waals surface area (Å²) in [5.74, 6) is 0.607. The molecular formula is C13H21F3N4. The molecule has 0 unspecified atom stereocenters. The van der Waals surface area contributed by atoms with Crippen LogP contribution in [-0.4, -0.2) is 37.2 Å². The molecule has 0 aliphatic rings. The highest BCUT2D eigenvalue weighted by Gasteiger charge is 2.34. The molecule has 4 nitrogen and oxygen atoms in total. The normalized spacial score (nSPS) is 13.5. The van der Waals surface area contributed by atoms with Gasteiger partial charge in [0.2, 0.25) is 5.95 Å². The third kappa shape index (κ3) is 3.74. The van der Waals surface area contributed by atoms with Crippen LogP contribution < -0.4 is 9.80 Å². The number of alkyl halides is 3. The molecule has 1 rings (SSSR count). The van der Waals surface area contributed by atoms with Gasteiger partial charge in [0.05, 0.1) is 0 Å². The molecule has 1 aromatic rings. The van der Waals surface area contributed by atoms with Crippen molar-refractivity contribution in [2.75, 3.05) is 30.9 Å². The summed E-state index contributed by atoms with van der Waals surface area (Å²) in [5.41, 5.74) is -0.922. The van der Waals surface area contributed by atoms with Gasteiger partial charge in [-0.25, -0.2) is 4.98 Å². The van der Waals surface area contributed by atoms with E-state index in [2.05, 4.69) is 9.97 Å². The average Bonchev–Trinajstić information content (AvgIpc) is 2.35. The molecule has 1 aromatic heterocycles. The summed E-state index contributed by atoms with van der Waals surface area (Å²) in [5, 5.41) is 0. The highest BCUT2D eigenvalue weighted by molar-refractivity contribution is 5.45. The zero-order valence-corrected chi connectivity index (χ0v) is 12.7. The Kier molecular flexibility index (Phi) is 4.83. The van der Waals surface area contributed by atoms with E-state index in [1.165, 1.54) is 4.90 Å². The van der Waals surface area contributed by atoms with E-state index in [-0.39, 0.29) is 23.7 Å².